The molecule has 15 heavy (non-hydrogen) atoms. The summed E-state index contributed by atoms with van der Waals surface area (Å²) >= 11 is 0. The Morgan fingerprint density at radius 2 is 2.13 bits per heavy atom. The van der Waals surface area contributed by atoms with Crippen LogP contribution in [-0.4, -0.2) is 17.6 Å². The Bertz CT molecular complexity index is 361. The van der Waals surface area contributed by atoms with Crippen molar-refractivity contribution < 1.29 is 9.84 Å². The first-order valence-electron chi connectivity index (χ1n) is 5.02. The highest BCUT2D eigenvalue weighted by molar-refractivity contribution is 5.79. The van der Waals surface area contributed by atoms with Crippen LogP contribution in [0.3, 0.4) is 0 Å². The summed E-state index contributed by atoms with van der Waals surface area (Å²) in [6.07, 6.45) is -0.954. The van der Waals surface area contributed by atoms with Gasteiger partial charge in [0.2, 0.25) is 5.90 Å². The first-order valence-corrected chi connectivity index (χ1v) is 5.02. The summed E-state index contributed by atoms with van der Waals surface area (Å²) < 4.78 is 4.99. The molecule has 0 aliphatic rings. The van der Waals surface area contributed by atoms with Crippen LogP contribution in [0.1, 0.15) is 29.7 Å². The van der Waals surface area contributed by atoms with Gasteiger partial charge in [0.1, 0.15) is 0 Å². The van der Waals surface area contributed by atoms with E-state index in [9.17, 15) is 5.11 Å². The van der Waals surface area contributed by atoms with Crippen LogP contribution < -0.4 is 0 Å². The van der Waals surface area contributed by atoms with Gasteiger partial charge in [-0.3, -0.25) is 5.41 Å². The maximum atomic E-state index is 9.88. The Morgan fingerprint density at radius 3 is 2.73 bits per heavy atom. The second-order valence-electron chi connectivity index (χ2n) is 3.56. The molecule has 1 aromatic carbocycles. The van der Waals surface area contributed by atoms with Gasteiger partial charge in [0.15, 0.2) is 6.10 Å². The lowest BCUT2D eigenvalue weighted by Crippen LogP contribution is -2.15. The molecule has 0 amide bonds. The predicted octanol–water partition coefficient (Wildman–Crippen LogP) is 2.35. The highest BCUT2D eigenvalue weighted by Crippen LogP contribution is 2.20. The Hall–Kier alpha value is -1.35. The van der Waals surface area contributed by atoms with Crippen molar-refractivity contribution in [2.75, 3.05) is 6.61 Å². The number of benzene rings is 1. The van der Waals surface area contributed by atoms with E-state index >= 15 is 0 Å². The van der Waals surface area contributed by atoms with E-state index in [-0.39, 0.29) is 5.90 Å². The van der Waals surface area contributed by atoms with E-state index in [0.29, 0.717) is 6.61 Å². The van der Waals surface area contributed by atoms with Crippen molar-refractivity contribution in [3.05, 3.63) is 34.9 Å². The fraction of sp³-hybridized carbons (Fsp3) is 0.417. The average Bonchev–Trinajstić information content (AvgIpc) is 2.21. The molecule has 1 atom stereocenters. The van der Waals surface area contributed by atoms with Crippen molar-refractivity contribution in [2.24, 2.45) is 0 Å². The van der Waals surface area contributed by atoms with E-state index in [1.807, 2.05) is 32.0 Å². The van der Waals surface area contributed by atoms with Crippen LogP contribution in [0.5, 0.6) is 0 Å². The molecule has 0 radical (unpaired) electrons. The van der Waals surface area contributed by atoms with Gasteiger partial charge >= 0.3 is 0 Å². The fourth-order valence-electron chi connectivity index (χ4n) is 1.43. The van der Waals surface area contributed by atoms with Crippen LogP contribution >= 0.6 is 0 Å². The molecule has 0 fully saturated rings. The SMILES string of the molecule is CCOC(=N)C(O)c1cc(C)ccc1C. The minimum atomic E-state index is -0.954. The number of rotatable bonds is 3. The van der Waals surface area contributed by atoms with Gasteiger partial charge in [-0.05, 0) is 31.9 Å². The second-order valence-corrected chi connectivity index (χ2v) is 3.56. The summed E-state index contributed by atoms with van der Waals surface area (Å²) in [4.78, 5) is 0. The van der Waals surface area contributed by atoms with E-state index < -0.39 is 6.10 Å². The molecular formula is C12H17NO2. The van der Waals surface area contributed by atoms with Crippen molar-refractivity contribution in [3.8, 4) is 0 Å². The van der Waals surface area contributed by atoms with Gasteiger partial charge in [0.25, 0.3) is 0 Å². The third-order valence-corrected chi connectivity index (χ3v) is 2.28. The van der Waals surface area contributed by atoms with E-state index in [4.69, 9.17) is 10.1 Å². The Labute approximate surface area is 90.2 Å². The fourth-order valence-corrected chi connectivity index (χ4v) is 1.43. The van der Waals surface area contributed by atoms with Crippen LogP contribution in [0.4, 0.5) is 0 Å². The van der Waals surface area contributed by atoms with Crippen LogP contribution in [0.2, 0.25) is 0 Å². The maximum Gasteiger partial charge on any atom is 0.214 e. The Morgan fingerprint density at radius 1 is 1.47 bits per heavy atom. The Kier molecular flexibility index (Phi) is 3.86. The van der Waals surface area contributed by atoms with Gasteiger partial charge in [-0.15, -0.1) is 0 Å². The van der Waals surface area contributed by atoms with Gasteiger partial charge in [0.05, 0.1) is 6.61 Å². The van der Waals surface area contributed by atoms with Crippen molar-refractivity contribution in [1.29, 1.82) is 5.41 Å². The van der Waals surface area contributed by atoms with Crippen molar-refractivity contribution in [1.82, 2.24) is 0 Å². The average molecular weight is 207 g/mol. The number of aliphatic hydroxyl groups excluding tert-OH is 1. The van der Waals surface area contributed by atoms with Crippen molar-refractivity contribution in [3.63, 3.8) is 0 Å². The highest BCUT2D eigenvalue weighted by atomic mass is 16.5. The van der Waals surface area contributed by atoms with Crippen LogP contribution in [0, 0.1) is 19.3 Å². The molecule has 1 rings (SSSR count). The van der Waals surface area contributed by atoms with Crippen LogP contribution in [-0.2, 0) is 4.74 Å². The van der Waals surface area contributed by atoms with Crippen LogP contribution in [0.15, 0.2) is 18.2 Å². The maximum absolute atomic E-state index is 9.88. The standard InChI is InChI=1S/C12H17NO2/c1-4-15-12(13)11(14)10-7-8(2)5-6-9(10)3/h5-7,11,13-14H,4H2,1-3H3. The molecule has 0 saturated heterocycles. The number of nitrogens with one attached hydrogen (secondary N) is 1. The summed E-state index contributed by atoms with van der Waals surface area (Å²) in [6, 6.07) is 5.80. The molecule has 3 heteroatoms. The lowest BCUT2D eigenvalue weighted by molar-refractivity contribution is 0.190. The van der Waals surface area contributed by atoms with Crippen molar-refractivity contribution in [2.45, 2.75) is 26.9 Å². The molecule has 0 saturated carbocycles. The molecular weight excluding hydrogens is 190 g/mol. The monoisotopic (exact) mass is 207 g/mol. The number of aryl methyl sites for hydroxylation is 2. The molecule has 3 nitrogen and oxygen atoms in total. The molecule has 1 aromatic rings. The summed E-state index contributed by atoms with van der Waals surface area (Å²) in [5, 5.41) is 17.4. The summed E-state index contributed by atoms with van der Waals surface area (Å²) in [5.41, 5.74) is 2.78. The number of aliphatic hydroxyl groups is 1. The molecule has 0 aliphatic heterocycles. The lowest BCUT2D eigenvalue weighted by atomic mass is 10.0. The zero-order valence-corrected chi connectivity index (χ0v) is 9.37. The third kappa shape index (κ3) is 2.80. The second kappa shape index (κ2) is 4.94. The zero-order chi connectivity index (χ0) is 11.4. The van der Waals surface area contributed by atoms with Gasteiger partial charge in [0, 0.05) is 0 Å². The molecule has 0 spiro atoms. The molecule has 0 bridgehead atoms. The van der Waals surface area contributed by atoms with Gasteiger partial charge < -0.3 is 9.84 Å². The van der Waals surface area contributed by atoms with Crippen LogP contribution in [0.25, 0.3) is 0 Å². The normalized spacial score (nSPS) is 12.3. The molecule has 0 aromatic heterocycles. The summed E-state index contributed by atoms with van der Waals surface area (Å²) in [5.74, 6) is -0.0915. The predicted molar refractivity (Wildman–Crippen MR) is 60.2 cm³/mol. The Balaban J connectivity index is 2.94. The van der Waals surface area contributed by atoms with E-state index in [2.05, 4.69) is 0 Å². The first-order chi connectivity index (χ1) is 7.06. The lowest BCUT2D eigenvalue weighted by Gasteiger charge is -2.15. The summed E-state index contributed by atoms with van der Waals surface area (Å²) in [7, 11) is 0. The van der Waals surface area contributed by atoms with Gasteiger partial charge in [-0.1, -0.05) is 23.8 Å². The molecule has 82 valence electrons. The van der Waals surface area contributed by atoms with Crippen molar-refractivity contribution >= 4 is 5.90 Å². The minimum Gasteiger partial charge on any atom is -0.479 e. The quantitative estimate of drug-likeness (QED) is 0.590. The number of hydrogen-bond donors (Lipinski definition) is 2. The van der Waals surface area contributed by atoms with E-state index in [1.54, 1.807) is 6.92 Å². The topological polar surface area (TPSA) is 53.3 Å². The highest BCUT2D eigenvalue weighted by Gasteiger charge is 2.16. The molecule has 0 aliphatic carbocycles. The molecule has 0 heterocycles. The first kappa shape index (κ1) is 11.7. The van der Waals surface area contributed by atoms with E-state index in [1.165, 1.54) is 0 Å². The third-order valence-electron chi connectivity index (χ3n) is 2.28. The van der Waals surface area contributed by atoms with E-state index in [0.717, 1.165) is 16.7 Å². The summed E-state index contributed by atoms with van der Waals surface area (Å²) in [6.45, 7) is 6.07. The minimum absolute atomic E-state index is 0.0915. The van der Waals surface area contributed by atoms with Gasteiger partial charge in [-0.2, -0.15) is 0 Å². The number of hydrogen-bond acceptors (Lipinski definition) is 3. The zero-order valence-electron chi connectivity index (χ0n) is 9.37. The smallest absolute Gasteiger partial charge is 0.214 e. The van der Waals surface area contributed by atoms with Gasteiger partial charge in [-0.25, -0.2) is 0 Å². The number of ether oxygens (including phenoxy) is 1. The molecule has 1 unspecified atom stereocenters. The largest absolute Gasteiger partial charge is 0.479 e. The molecule has 2 N–H and O–H groups in total.